The number of ether oxygens (including phenoxy) is 1. The number of carbonyl (C=O) groups is 1. The Morgan fingerprint density at radius 2 is 2.10 bits per heavy atom. The third kappa shape index (κ3) is 3.58. The molecule has 0 bridgehead atoms. The third-order valence-electron chi connectivity index (χ3n) is 4.26. The highest BCUT2D eigenvalue weighted by Gasteiger charge is 2.37. The van der Waals surface area contributed by atoms with E-state index < -0.39 is 0 Å². The Labute approximate surface area is 120 Å². The molecule has 110 valence electrons. The number of hydrogen-bond donors (Lipinski definition) is 2. The molecule has 1 aromatic carbocycles. The van der Waals surface area contributed by atoms with Crippen LogP contribution in [0.25, 0.3) is 0 Å². The lowest BCUT2D eigenvalue weighted by atomic mass is 9.80. The largest absolute Gasteiger partial charge is 0.376 e. The Kier molecular flexibility index (Phi) is 5.15. The average molecular weight is 276 g/mol. The van der Waals surface area contributed by atoms with Crippen LogP contribution in [0.15, 0.2) is 30.3 Å². The van der Waals surface area contributed by atoms with Gasteiger partial charge in [0.15, 0.2) is 0 Å². The average Bonchev–Trinajstić information content (AvgIpc) is 2.45. The summed E-state index contributed by atoms with van der Waals surface area (Å²) in [6.07, 6.45) is 3.91. The monoisotopic (exact) mass is 276 g/mol. The van der Waals surface area contributed by atoms with Gasteiger partial charge in [0.05, 0.1) is 11.5 Å². The molecule has 3 N–H and O–H groups in total. The molecule has 0 saturated heterocycles. The third-order valence-corrected chi connectivity index (χ3v) is 4.26. The van der Waals surface area contributed by atoms with Crippen molar-refractivity contribution >= 4 is 5.91 Å². The molecule has 1 aliphatic carbocycles. The normalized spacial score (nSPS) is 18.1. The van der Waals surface area contributed by atoms with Crippen LogP contribution in [0, 0.1) is 5.92 Å². The molecular formula is C16H24N2O2. The molecule has 0 spiro atoms. The van der Waals surface area contributed by atoms with Crippen LogP contribution in [0.4, 0.5) is 0 Å². The second-order valence-corrected chi connectivity index (χ2v) is 5.58. The van der Waals surface area contributed by atoms with E-state index in [0.717, 1.165) is 18.4 Å². The standard InChI is InChI=1S/C16H24N2O2/c1-20-16(8-5-9-16)12-18-15(19)14(11-17)10-13-6-3-2-4-7-13/h2-4,6-7,14H,5,8-12,17H2,1H3,(H,18,19). The van der Waals surface area contributed by atoms with Crippen LogP contribution in [0.2, 0.25) is 0 Å². The van der Waals surface area contributed by atoms with E-state index in [-0.39, 0.29) is 17.4 Å². The summed E-state index contributed by atoms with van der Waals surface area (Å²) >= 11 is 0. The lowest BCUT2D eigenvalue weighted by Crippen LogP contribution is -2.51. The van der Waals surface area contributed by atoms with E-state index in [4.69, 9.17) is 10.5 Å². The Bertz CT molecular complexity index is 424. The molecule has 4 nitrogen and oxygen atoms in total. The fourth-order valence-electron chi connectivity index (χ4n) is 2.60. The first-order valence-corrected chi connectivity index (χ1v) is 7.26. The number of methoxy groups -OCH3 is 1. The Hall–Kier alpha value is -1.39. The minimum atomic E-state index is -0.175. The van der Waals surface area contributed by atoms with Crippen LogP contribution in [0.5, 0.6) is 0 Å². The van der Waals surface area contributed by atoms with E-state index >= 15 is 0 Å². The predicted molar refractivity (Wildman–Crippen MR) is 79.3 cm³/mol. The molecular weight excluding hydrogens is 252 g/mol. The predicted octanol–water partition coefficient (Wildman–Crippen LogP) is 1.49. The van der Waals surface area contributed by atoms with Gasteiger partial charge in [-0.15, -0.1) is 0 Å². The molecule has 1 atom stereocenters. The van der Waals surface area contributed by atoms with Crippen molar-refractivity contribution in [1.82, 2.24) is 5.32 Å². The summed E-state index contributed by atoms with van der Waals surface area (Å²) in [6, 6.07) is 9.99. The van der Waals surface area contributed by atoms with Crippen LogP contribution in [0.1, 0.15) is 24.8 Å². The fraction of sp³-hybridized carbons (Fsp3) is 0.562. The summed E-state index contributed by atoms with van der Waals surface area (Å²) in [7, 11) is 1.72. The highest BCUT2D eigenvalue weighted by Crippen LogP contribution is 2.34. The number of hydrogen-bond acceptors (Lipinski definition) is 3. The highest BCUT2D eigenvalue weighted by molar-refractivity contribution is 5.79. The molecule has 0 radical (unpaired) electrons. The van der Waals surface area contributed by atoms with Gasteiger partial charge in [-0.1, -0.05) is 30.3 Å². The number of rotatable bonds is 7. The van der Waals surface area contributed by atoms with E-state index in [2.05, 4.69) is 5.32 Å². The van der Waals surface area contributed by atoms with Gasteiger partial charge in [0, 0.05) is 20.2 Å². The zero-order valence-corrected chi connectivity index (χ0v) is 12.1. The molecule has 4 heteroatoms. The van der Waals surface area contributed by atoms with Crippen molar-refractivity contribution in [3.63, 3.8) is 0 Å². The van der Waals surface area contributed by atoms with Crippen LogP contribution in [-0.4, -0.2) is 31.7 Å². The molecule has 20 heavy (non-hydrogen) atoms. The number of carbonyl (C=O) groups excluding carboxylic acids is 1. The first-order chi connectivity index (χ1) is 9.69. The maximum absolute atomic E-state index is 12.2. The second-order valence-electron chi connectivity index (χ2n) is 5.58. The molecule has 1 aliphatic rings. The van der Waals surface area contributed by atoms with Crippen molar-refractivity contribution in [2.45, 2.75) is 31.3 Å². The highest BCUT2D eigenvalue weighted by atomic mass is 16.5. The molecule has 1 amide bonds. The lowest BCUT2D eigenvalue weighted by molar-refractivity contribution is -0.128. The van der Waals surface area contributed by atoms with Crippen LogP contribution < -0.4 is 11.1 Å². The summed E-state index contributed by atoms with van der Waals surface area (Å²) in [5.74, 6) is -0.147. The van der Waals surface area contributed by atoms with Crippen LogP contribution in [-0.2, 0) is 16.0 Å². The van der Waals surface area contributed by atoms with Crippen molar-refractivity contribution in [3.05, 3.63) is 35.9 Å². The fourth-order valence-corrected chi connectivity index (χ4v) is 2.60. The van der Waals surface area contributed by atoms with Gasteiger partial charge in [-0.2, -0.15) is 0 Å². The summed E-state index contributed by atoms with van der Waals surface area (Å²) in [5.41, 5.74) is 6.75. The molecule has 1 fully saturated rings. The molecule has 2 rings (SSSR count). The van der Waals surface area contributed by atoms with Crippen molar-refractivity contribution in [3.8, 4) is 0 Å². The second kappa shape index (κ2) is 6.86. The van der Waals surface area contributed by atoms with Gasteiger partial charge in [-0.25, -0.2) is 0 Å². The van der Waals surface area contributed by atoms with E-state index in [1.165, 1.54) is 6.42 Å². The number of nitrogens with two attached hydrogens (primary N) is 1. The molecule has 0 aliphatic heterocycles. The van der Waals surface area contributed by atoms with Gasteiger partial charge >= 0.3 is 0 Å². The zero-order valence-electron chi connectivity index (χ0n) is 12.1. The maximum Gasteiger partial charge on any atom is 0.224 e. The van der Waals surface area contributed by atoms with Gasteiger partial charge in [-0.05, 0) is 31.2 Å². The van der Waals surface area contributed by atoms with Crippen LogP contribution in [0.3, 0.4) is 0 Å². The van der Waals surface area contributed by atoms with E-state index in [9.17, 15) is 4.79 Å². The summed E-state index contributed by atoms with van der Waals surface area (Å²) in [6.45, 7) is 0.953. The van der Waals surface area contributed by atoms with Crippen molar-refractivity contribution in [2.75, 3.05) is 20.2 Å². The van der Waals surface area contributed by atoms with Gasteiger partial charge in [0.2, 0.25) is 5.91 Å². The molecule has 1 saturated carbocycles. The number of nitrogens with one attached hydrogen (secondary N) is 1. The number of amides is 1. The maximum atomic E-state index is 12.2. The molecule has 1 unspecified atom stereocenters. The van der Waals surface area contributed by atoms with E-state index in [0.29, 0.717) is 19.5 Å². The lowest BCUT2D eigenvalue weighted by Gasteiger charge is -2.40. The molecule has 0 aromatic heterocycles. The van der Waals surface area contributed by atoms with Gasteiger partial charge < -0.3 is 15.8 Å². The van der Waals surface area contributed by atoms with Crippen LogP contribution >= 0.6 is 0 Å². The quantitative estimate of drug-likeness (QED) is 0.793. The smallest absolute Gasteiger partial charge is 0.224 e. The zero-order chi connectivity index (χ0) is 14.4. The first-order valence-electron chi connectivity index (χ1n) is 7.26. The van der Waals surface area contributed by atoms with Crippen molar-refractivity contribution < 1.29 is 9.53 Å². The number of benzene rings is 1. The topological polar surface area (TPSA) is 64.3 Å². The Morgan fingerprint density at radius 3 is 2.60 bits per heavy atom. The summed E-state index contributed by atoms with van der Waals surface area (Å²) < 4.78 is 5.51. The first kappa shape index (κ1) is 15.0. The Balaban J connectivity index is 1.86. The summed E-state index contributed by atoms with van der Waals surface area (Å²) in [4.78, 5) is 12.2. The minimum absolute atomic E-state index is 0.0275. The summed E-state index contributed by atoms with van der Waals surface area (Å²) in [5, 5.41) is 3.00. The van der Waals surface area contributed by atoms with Gasteiger partial charge in [0.25, 0.3) is 0 Å². The minimum Gasteiger partial charge on any atom is -0.376 e. The van der Waals surface area contributed by atoms with Crippen molar-refractivity contribution in [2.24, 2.45) is 11.7 Å². The SMILES string of the molecule is COC1(CNC(=O)C(CN)Cc2ccccc2)CCC1. The molecule has 0 heterocycles. The van der Waals surface area contributed by atoms with Gasteiger partial charge in [0.1, 0.15) is 0 Å². The molecule has 1 aromatic rings. The van der Waals surface area contributed by atoms with E-state index in [1.807, 2.05) is 30.3 Å². The Morgan fingerprint density at radius 1 is 1.40 bits per heavy atom. The van der Waals surface area contributed by atoms with Crippen molar-refractivity contribution in [1.29, 1.82) is 0 Å². The van der Waals surface area contributed by atoms with Gasteiger partial charge in [-0.3, -0.25) is 4.79 Å². The van der Waals surface area contributed by atoms with E-state index in [1.54, 1.807) is 7.11 Å².